The van der Waals surface area contributed by atoms with Gasteiger partial charge in [-0.3, -0.25) is 0 Å². The molecule has 0 saturated heterocycles. The minimum atomic E-state index is -0.543. The monoisotopic (exact) mass is 202 g/mol. The van der Waals surface area contributed by atoms with Crippen molar-refractivity contribution in [3.05, 3.63) is 0 Å². The van der Waals surface area contributed by atoms with Crippen LogP contribution in [0, 0.1) is 0 Å². The number of nitrogens with two attached hydrogens (primary N) is 2. The number of hydrogen-bond acceptors (Lipinski definition) is 6. The average molecular weight is 202 g/mol. The first-order valence-electron chi connectivity index (χ1n) is 3.55. The Hall–Kier alpha value is -1.57. The van der Waals surface area contributed by atoms with Crippen molar-refractivity contribution in [2.45, 2.75) is 0 Å². The summed E-state index contributed by atoms with van der Waals surface area (Å²) in [5.41, 5.74) is 10.1. The van der Waals surface area contributed by atoms with Gasteiger partial charge in [-0.1, -0.05) is 0 Å². The third-order valence-corrected chi connectivity index (χ3v) is 1.83. The van der Waals surface area contributed by atoms with Crippen LogP contribution in [0.1, 0.15) is 0 Å². The van der Waals surface area contributed by atoms with Crippen molar-refractivity contribution in [2.24, 2.45) is 5.73 Å². The molecule has 0 saturated carbocycles. The van der Waals surface area contributed by atoms with Gasteiger partial charge >= 0.3 is 6.03 Å². The van der Waals surface area contributed by atoms with E-state index < -0.39 is 6.03 Å². The number of urea groups is 1. The number of amides is 2. The molecule has 1 aromatic rings. The van der Waals surface area contributed by atoms with Crippen molar-refractivity contribution < 1.29 is 4.79 Å². The van der Waals surface area contributed by atoms with Crippen LogP contribution in [0.3, 0.4) is 0 Å². The highest BCUT2D eigenvalue weighted by Gasteiger charge is 1.98. The molecular weight excluding hydrogens is 192 g/mol. The van der Waals surface area contributed by atoms with Crippen LogP contribution in [0.25, 0.3) is 0 Å². The summed E-state index contributed by atoms with van der Waals surface area (Å²) in [5.74, 6) is 0.246. The summed E-state index contributed by atoms with van der Waals surface area (Å²) in [7, 11) is 0. The van der Waals surface area contributed by atoms with Crippen molar-refractivity contribution in [1.29, 1.82) is 0 Å². The first kappa shape index (κ1) is 9.52. The molecule has 0 aliphatic rings. The highest BCUT2D eigenvalue weighted by atomic mass is 32.1. The van der Waals surface area contributed by atoms with Gasteiger partial charge in [-0.2, -0.15) is 9.36 Å². The fourth-order valence-electron chi connectivity index (χ4n) is 0.662. The third kappa shape index (κ3) is 3.56. The first-order chi connectivity index (χ1) is 6.18. The highest BCUT2D eigenvalue weighted by Crippen LogP contribution is 2.10. The van der Waals surface area contributed by atoms with Crippen molar-refractivity contribution in [1.82, 2.24) is 14.7 Å². The Morgan fingerprint density at radius 2 is 2.31 bits per heavy atom. The molecule has 7 nitrogen and oxygen atoms in total. The number of nitrogen functional groups attached to an aromatic ring is 1. The minimum Gasteiger partial charge on any atom is -0.367 e. The van der Waals surface area contributed by atoms with Crippen LogP contribution in [-0.2, 0) is 0 Å². The molecule has 13 heavy (non-hydrogen) atoms. The van der Waals surface area contributed by atoms with Crippen LogP contribution in [0.15, 0.2) is 0 Å². The lowest BCUT2D eigenvalue weighted by atomic mass is 10.6. The molecule has 1 heterocycles. The van der Waals surface area contributed by atoms with E-state index in [4.69, 9.17) is 11.5 Å². The fraction of sp³-hybridized carbons (Fsp3) is 0.400. The second-order valence-electron chi connectivity index (χ2n) is 2.18. The van der Waals surface area contributed by atoms with Crippen molar-refractivity contribution >= 4 is 28.6 Å². The van der Waals surface area contributed by atoms with Crippen LogP contribution in [0.4, 0.5) is 15.9 Å². The molecular formula is C5H10N6OS. The Kier molecular flexibility index (Phi) is 3.26. The maximum absolute atomic E-state index is 10.3. The van der Waals surface area contributed by atoms with E-state index >= 15 is 0 Å². The molecule has 0 spiro atoms. The van der Waals surface area contributed by atoms with E-state index in [2.05, 4.69) is 20.0 Å². The van der Waals surface area contributed by atoms with Gasteiger partial charge in [-0.15, -0.1) is 0 Å². The first-order valence-corrected chi connectivity index (χ1v) is 4.32. The van der Waals surface area contributed by atoms with E-state index in [-0.39, 0.29) is 5.95 Å². The number of rotatable bonds is 4. The lowest BCUT2D eigenvalue weighted by Crippen LogP contribution is -2.33. The lowest BCUT2D eigenvalue weighted by Gasteiger charge is -2.01. The molecule has 0 fully saturated rings. The largest absolute Gasteiger partial charge is 0.367 e. The predicted molar refractivity (Wildman–Crippen MR) is 50.4 cm³/mol. The van der Waals surface area contributed by atoms with E-state index in [1.54, 1.807) is 0 Å². The fourth-order valence-corrected chi connectivity index (χ4v) is 1.18. The summed E-state index contributed by atoms with van der Waals surface area (Å²) < 4.78 is 3.76. The van der Waals surface area contributed by atoms with E-state index in [0.717, 1.165) is 0 Å². The Morgan fingerprint density at radius 1 is 1.54 bits per heavy atom. The number of anilines is 2. The van der Waals surface area contributed by atoms with Gasteiger partial charge in [-0.05, 0) is 0 Å². The molecule has 0 bridgehead atoms. The van der Waals surface area contributed by atoms with Crippen LogP contribution < -0.4 is 22.1 Å². The molecule has 1 rings (SSSR count). The number of carbonyl (C=O) groups is 1. The quantitative estimate of drug-likeness (QED) is 0.476. The topological polar surface area (TPSA) is 119 Å². The molecule has 2 amide bonds. The SMILES string of the molecule is NC(=O)NCCNc1nc(N)ns1. The number of aromatic nitrogens is 2. The van der Waals surface area contributed by atoms with Gasteiger partial charge in [0.15, 0.2) is 0 Å². The number of hydrogen-bond donors (Lipinski definition) is 4. The molecule has 0 radical (unpaired) electrons. The zero-order valence-corrected chi connectivity index (χ0v) is 7.60. The molecule has 72 valence electrons. The van der Waals surface area contributed by atoms with Gasteiger partial charge in [0, 0.05) is 24.6 Å². The van der Waals surface area contributed by atoms with Crippen LogP contribution >= 0.6 is 11.5 Å². The molecule has 0 aliphatic heterocycles. The number of nitrogens with zero attached hydrogens (tertiary/aromatic N) is 2. The van der Waals surface area contributed by atoms with Gasteiger partial charge in [0.2, 0.25) is 11.1 Å². The van der Waals surface area contributed by atoms with Gasteiger partial charge in [0.25, 0.3) is 0 Å². The normalized spacial score (nSPS) is 9.54. The molecule has 0 atom stereocenters. The maximum atomic E-state index is 10.3. The Labute approximate surface area is 78.7 Å². The zero-order valence-electron chi connectivity index (χ0n) is 6.78. The van der Waals surface area contributed by atoms with Gasteiger partial charge in [0.1, 0.15) is 0 Å². The predicted octanol–water partition coefficient (Wildman–Crippen LogP) is -0.800. The molecule has 0 aromatic carbocycles. The third-order valence-electron chi connectivity index (χ3n) is 1.14. The standard InChI is InChI=1S/C5H10N6OS/c6-3-10-5(13-11-3)9-2-1-8-4(7)12/h1-2H2,(H3,7,8,12)(H3,6,9,10,11). The Balaban J connectivity index is 2.16. The zero-order chi connectivity index (χ0) is 9.68. The molecule has 8 heteroatoms. The summed E-state index contributed by atoms with van der Waals surface area (Å²) in [6.45, 7) is 0.979. The minimum absolute atomic E-state index is 0.246. The van der Waals surface area contributed by atoms with E-state index in [1.165, 1.54) is 11.5 Å². The van der Waals surface area contributed by atoms with Gasteiger partial charge < -0.3 is 22.1 Å². The summed E-state index contributed by atoms with van der Waals surface area (Å²) in [5, 5.41) is 5.97. The average Bonchev–Trinajstić information content (AvgIpc) is 2.45. The number of carbonyl (C=O) groups excluding carboxylic acids is 1. The molecule has 1 aromatic heterocycles. The van der Waals surface area contributed by atoms with Gasteiger partial charge in [0.05, 0.1) is 0 Å². The second kappa shape index (κ2) is 4.45. The number of primary amides is 1. The lowest BCUT2D eigenvalue weighted by molar-refractivity contribution is 0.249. The molecule has 0 aliphatic carbocycles. The Bertz CT molecular complexity index is 286. The second-order valence-corrected chi connectivity index (χ2v) is 2.93. The van der Waals surface area contributed by atoms with Crippen molar-refractivity contribution in [3.8, 4) is 0 Å². The molecule has 6 N–H and O–H groups in total. The maximum Gasteiger partial charge on any atom is 0.312 e. The van der Waals surface area contributed by atoms with E-state index in [0.29, 0.717) is 18.2 Å². The Morgan fingerprint density at radius 3 is 2.85 bits per heavy atom. The van der Waals surface area contributed by atoms with E-state index in [9.17, 15) is 4.79 Å². The summed E-state index contributed by atoms with van der Waals surface area (Å²) in [6.07, 6.45) is 0. The summed E-state index contributed by atoms with van der Waals surface area (Å²) in [6, 6.07) is -0.543. The van der Waals surface area contributed by atoms with Gasteiger partial charge in [-0.25, -0.2) is 4.79 Å². The molecule has 0 unspecified atom stereocenters. The van der Waals surface area contributed by atoms with Crippen LogP contribution in [0.5, 0.6) is 0 Å². The smallest absolute Gasteiger partial charge is 0.312 e. The van der Waals surface area contributed by atoms with Crippen LogP contribution in [0.2, 0.25) is 0 Å². The summed E-state index contributed by atoms with van der Waals surface area (Å²) in [4.78, 5) is 14.1. The van der Waals surface area contributed by atoms with Crippen molar-refractivity contribution in [2.75, 3.05) is 24.1 Å². The number of nitrogens with one attached hydrogen (secondary N) is 2. The van der Waals surface area contributed by atoms with Crippen LogP contribution in [-0.4, -0.2) is 28.5 Å². The summed E-state index contributed by atoms with van der Waals surface area (Å²) >= 11 is 1.17. The van der Waals surface area contributed by atoms with Crippen molar-refractivity contribution in [3.63, 3.8) is 0 Å². The van der Waals surface area contributed by atoms with E-state index in [1.807, 2.05) is 0 Å². The highest BCUT2D eigenvalue weighted by molar-refractivity contribution is 7.09.